The van der Waals surface area contributed by atoms with E-state index < -0.39 is 53.7 Å². The minimum atomic E-state index is -4.43. The predicted molar refractivity (Wildman–Crippen MR) is 94.6 cm³/mol. The summed E-state index contributed by atoms with van der Waals surface area (Å²) in [4.78, 5) is 38.5. The van der Waals surface area contributed by atoms with Crippen molar-refractivity contribution in [1.29, 1.82) is 0 Å². The van der Waals surface area contributed by atoms with Crippen LogP contribution in [0.3, 0.4) is 0 Å². The number of hydrogen-bond acceptors (Lipinski definition) is 11. The van der Waals surface area contributed by atoms with Crippen LogP contribution in [0.25, 0.3) is 0 Å². The lowest BCUT2D eigenvalue weighted by Gasteiger charge is -2.32. The van der Waals surface area contributed by atoms with Crippen molar-refractivity contribution in [2.24, 2.45) is 0 Å². The molecule has 1 aliphatic heterocycles. The Morgan fingerprint density at radius 1 is 1.47 bits per heavy atom. The van der Waals surface area contributed by atoms with E-state index in [9.17, 15) is 29.9 Å². The molecular weight excluding hydrogens is 434 g/mol. The first-order valence-corrected chi connectivity index (χ1v) is 8.96. The largest absolute Gasteiger partial charge is 0.456 e. The quantitative estimate of drug-likeness (QED) is 0.298. The van der Waals surface area contributed by atoms with Gasteiger partial charge in [-0.1, -0.05) is 11.3 Å². The molecule has 0 radical (unpaired) electrons. The Balaban J connectivity index is 2.02. The first kappa shape index (κ1) is 21.7. The second kappa shape index (κ2) is 7.67. The van der Waals surface area contributed by atoms with Gasteiger partial charge in [-0.15, -0.1) is 0 Å². The molecule has 3 atom stereocenters. The maximum atomic E-state index is 15.1. The Bertz CT molecular complexity index is 1040. The van der Waals surface area contributed by atoms with Crippen molar-refractivity contribution < 1.29 is 38.2 Å². The molecule has 1 fully saturated rings. The number of alkyl halides is 2. The molecule has 2 aromatic heterocycles. The Morgan fingerprint density at radius 3 is 2.70 bits per heavy atom. The summed E-state index contributed by atoms with van der Waals surface area (Å²) < 4.78 is 40.1. The van der Waals surface area contributed by atoms with E-state index in [2.05, 4.69) is 4.98 Å². The summed E-state index contributed by atoms with van der Waals surface area (Å²) in [7, 11) is 0. The predicted octanol–water partition coefficient (Wildman–Crippen LogP) is -0.421. The standard InChI is InChI=1S/C15H14F2N4O8S/c16-14(17)11(23)8(5-22)29-15(14,20-4-3-9(18)19-13(20)25)12(24)28-6-7-1-2-10(30-7)21(26)27/h1-4,8,11,22-23H,5-6H2,(H2,18,19,25)/t8-,11-,15-/m1/s1. The Morgan fingerprint density at radius 2 is 2.17 bits per heavy atom. The van der Waals surface area contributed by atoms with Crippen molar-refractivity contribution in [1.82, 2.24) is 9.55 Å². The molecular formula is C15H14F2N4O8S. The molecule has 0 bridgehead atoms. The van der Waals surface area contributed by atoms with Crippen LogP contribution in [0.2, 0.25) is 0 Å². The van der Waals surface area contributed by atoms with E-state index in [4.69, 9.17) is 15.2 Å². The fraction of sp³-hybridized carbons (Fsp3) is 0.400. The van der Waals surface area contributed by atoms with Crippen LogP contribution < -0.4 is 11.4 Å². The van der Waals surface area contributed by atoms with Gasteiger partial charge in [0.1, 0.15) is 18.5 Å². The molecule has 30 heavy (non-hydrogen) atoms. The van der Waals surface area contributed by atoms with Crippen molar-refractivity contribution >= 4 is 28.1 Å². The lowest BCUT2D eigenvalue weighted by molar-refractivity contribution is -0.380. The molecule has 0 spiro atoms. The number of nitrogens with two attached hydrogens (primary N) is 1. The average molecular weight is 448 g/mol. The molecule has 3 rings (SSSR count). The number of carbonyl (C=O) groups excluding carboxylic acids is 1. The van der Waals surface area contributed by atoms with E-state index in [1.807, 2.05) is 0 Å². The third-order valence-corrected chi connectivity index (χ3v) is 5.30. The number of ether oxygens (including phenoxy) is 2. The second-order valence-electron chi connectivity index (χ2n) is 6.13. The molecule has 15 heteroatoms. The third kappa shape index (κ3) is 3.30. The Labute approximate surface area is 169 Å². The molecule has 0 saturated carbocycles. The van der Waals surface area contributed by atoms with Crippen LogP contribution in [0.1, 0.15) is 4.88 Å². The van der Waals surface area contributed by atoms with Gasteiger partial charge in [0, 0.05) is 17.1 Å². The van der Waals surface area contributed by atoms with E-state index in [1.54, 1.807) is 0 Å². The molecule has 0 amide bonds. The molecule has 2 aromatic rings. The highest BCUT2D eigenvalue weighted by atomic mass is 32.1. The lowest BCUT2D eigenvalue weighted by atomic mass is 10.0. The monoisotopic (exact) mass is 448 g/mol. The molecule has 12 nitrogen and oxygen atoms in total. The highest BCUT2D eigenvalue weighted by Gasteiger charge is 2.75. The molecule has 1 saturated heterocycles. The number of nitrogens with zero attached hydrogens (tertiary/aromatic N) is 3. The highest BCUT2D eigenvalue weighted by molar-refractivity contribution is 7.15. The van der Waals surface area contributed by atoms with Gasteiger partial charge in [-0.05, 0) is 12.1 Å². The number of halogens is 2. The second-order valence-corrected chi connectivity index (χ2v) is 7.28. The van der Waals surface area contributed by atoms with Crippen LogP contribution in [0, 0.1) is 10.1 Å². The summed E-state index contributed by atoms with van der Waals surface area (Å²) in [6.07, 6.45) is -3.88. The number of esters is 1. The van der Waals surface area contributed by atoms with Crippen molar-refractivity contribution in [3.8, 4) is 0 Å². The zero-order chi connectivity index (χ0) is 22.3. The summed E-state index contributed by atoms with van der Waals surface area (Å²) >= 11 is 0.639. The smallest absolute Gasteiger partial charge is 0.367 e. The number of aliphatic hydroxyl groups excluding tert-OH is 2. The third-order valence-electron chi connectivity index (χ3n) is 4.29. The Kier molecular flexibility index (Phi) is 5.55. The number of thiophene rings is 1. The molecule has 4 N–H and O–H groups in total. The van der Waals surface area contributed by atoms with Gasteiger partial charge in [-0.25, -0.2) is 9.59 Å². The molecule has 0 aliphatic carbocycles. The molecule has 162 valence electrons. The first-order chi connectivity index (χ1) is 14.0. The average Bonchev–Trinajstić information content (AvgIpc) is 3.23. The van der Waals surface area contributed by atoms with E-state index in [0.717, 1.165) is 12.1 Å². The van der Waals surface area contributed by atoms with Crippen LogP contribution in [-0.2, 0) is 26.6 Å². The van der Waals surface area contributed by atoms with Crippen LogP contribution in [-0.4, -0.2) is 55.4 Å². The zero-order valence-electron chi connectivity index (χ0n) is 14.8. The number of nitro groups is 1. The number of rotatable bonds is 6. The normalized spacial score (nSPS) is 25.2. The maximum absolute atomic E-state index is 15.1. The van der Waals surface area contributed by atoms with Gasteiger partial charge in [0.05, 0.1) is 11.5 Å². The van der Waals surface area contributed by atoms with Crippen LogP contribution in [0.5, 0.6) is 0 Å². The molecule has 0 unspecified atom stereocenters. The number of aromatic nitrogens is 2. The summed E-state index contributed by atoms with van der Waals surface area (Å²) in [5.41, 5.74) is 0.445. The maximum Gasteiger partial charge on any atom is 0.367 e. The molecule has 1 aliphatic rings. The number of anilines is 1. The van der Waals surface area contributed by atoms with E-state index in [0.29, 0.717) is 17.5 Å². The summed E-state index contributed by atoms with van der Waals surface area (Å²) in [5.74, 6) is -6.54. The van der Waals surface area contributed by atoms with Crippen molar-refractivity contribution in [3.05, 3.63) is 49.9 Å². The van der Waals surface area contributed by atoms with Gasteiger partial charge in [-0.2, -0.15) is 13.8 Å². The van der Waals surface area contributed by atoms with Gasteiger partial charge in [-0.3, -0.25) is 14.7 Å². The van der Waals surface area contributed by atoms with Gasteiger partial charge in [0.15, 0.2) is 6.10 Å². The SMILES string of the molecule is Nc1ccn([C@]2(C(=O)OCc3ccc([N+](=O)[O-])s3)O[C@H](CO)[C@@H](O)C2(F)F)c(=O)n1. The van der Waals surface area contributed by atoms with Gasteiger partial charge in [0.2, 0.25) is 0 Å². The van der Waals surface area contributed by atoms with Crippen LogP contribution in [0.4, 0.5) is 19.6 Å². The number of carbonyl (C=O) groups is 1. The fourth-order valence-electron chi connectivity index (χ4n) is 2.87. The summed E-state index contributed by atoms with van der Waals surface area (Å²) in [6.45, 7) is -1.75. The van der Waals surface area contributed by atoms with Crippen LogP contribution >= 0.6 is 11.3 Å². The highest BCUT2D eigenvalue weighted by Crippen LogP contribution is 2.48. The summed E-state index contributed by atoms with van der Waals surface area (Å²) in [5, 5.41) is 29.6. The van der Waals surface area contributed by atoms with Gasteiger partial charge in [0.25, 0.3) is 0 Å². The lowest BCUT2D eigenvalue weighted by Crippen LogP contribution is -2.60. The van der Waals surface area contributed by atoms with E-state index in [-0.39, 0.29) is 20.3 Å². The van der Waals surface area contributed by atoms with Gasteiger partial charge < -0.3 is 25.4 Å². The minimum absolute atomic E-state index is 0.113. The molecule has 3 heterocycles. The van der Waals surface area contributed by atoms with E-state index >= 15 is 8.78 Å². The van der Waals surface area contributed by atoms with E-state index in [1.165, 1.54) is 6.07 Å². The van der Waals surface area contributed by atoms with Crippen molar-refractivity contribution in [2.45, 2.75) is 30.5 Å². The number of nitrogen functional groups attached to an aromatic ring is 1. The zero-order valence-corrected chi connectivity index (χ0v) is 15.6. The Hall–Kier alpha value is -3.01. The van der Waals surface area contributed by atoms with Crippen LogP contribution in [0.15, 0.2) is 29.2 Å². The van der Waals surface area contributed by atoms with Gasteiger partial charge >= 0.3 is 28.3 Å². The first-order valence-electron chi connectivity index (χ1n) is 8.15. The van der Waals surface area contributed by atoms with Crippen molar-refractivity contribution in [3.63, 3.8) is 0 Å². The number of hydrogen-bond donors (Lipinski definition) is 3. The summed E-state index contributed by atoms with van der Waals surface area (Å²) in [6, 6.07) is 3.32. The molecule has 0 aromatic carbocycles. The topological polar surface area (TPSA) is 180 Å². The van der Waals surface area contributed by atoms with Crippen molar-refractivity contribution in [2.75, 3.05) is 12.3 Å². The number of aliphatic hydroxyl groups is 2. The fourth-order valence-corrected chi connectivity index (χ4v) is 3.60. The minimum Gasteiger partial charge on any atom is -0.456 e.